The number of rotatable bonds is 15. The number of fused-ring (bicyclic) bond motifs is 1. The molecule has 4 aromatic carbocycles. The molecule has 1 fully saturated rings. The quantitative estimate of drug-likeness (QED) is 0.0560. The Hall–Kier alpha value is -4.77. The second-order valence-electron chi connectivity index (χ2n) is 13.9. The first-order valence-electron chi connectivity index (χ1n) is 17.8. The molecule has 17 heteroatoms. The number of likely N-dealkylation sites (N-methyl/N-ethyl adjacent to an activating group) is 1. The molecule has 2 atom stereocenters. The highest BCUT2D eigenvalue weighted by Gasteiger charge is 2.40. The minimum Gasteiger partial charge on any atom is -0.612 e. The molecule has 1 saturated heterocycles. The van der Waals surface area contributed by atoms with E-state index in [0.717, 1.165) is 49.4 Å². The van der Waals surface area contributed by atoms with Gasteiger partial charge in [0.1, 0.15) is 6.26 Å². The van der Waals surface area contributed by atoms with E-state index in [1.807, 2.05) is 30.3 Å². The zero-order valence-electron chi connectivity index (χ0n) is 31.2. The Morgan fingerprint density at radius 2 is 1.58 bits per heavy atom. The van der Waals surface area contributed by atoms with Crippen molar-refractivity contribution in [3.63, 3.8) is 0 Å². The first-order chi connectivity index (χ1) is 26.9. The number of amides is 1. The molecule has 304 valence electrons. The van der Waals surface area contributed by atoms with Gasteiger partial charge in [0.2, 0.25) is 0 Å². The largest absolute Gasteiger partial charge is 0.612 e. The summed E-state index contributed by atoms with van der Waals surface area (Å²) in [7, 11) is 1.79. The Morgan fingerprint density at radius 1 is 0.930 bits per heavy atom. The summed E-state index contributed by atoms with van der Waals surface area (Å²) in [5.41, 5.74) is -0.0314. The fraction of sp³-hybridized carbons (Fsp3) is 0.350. The highest BCUT2D eigenvalue weighted by atomic mass is 35.5. The summed E-state index contributed by atoms with van der Waals surface area (Å²) >= 11 is 11.6. The Balaban J connectivity index is 0.000000476. The van der Waals surface area contributed by atoms with Gasteiger partial charge in [0.25, 0.3) is 11.6 Å². The third-order valence-corrected chi connectivity index (χ3v) is 11.6. The van der Waals surface area contributed by atoms with Crippen LogP contribution in [0.5, 0.6) is 0 Å². The first kappa shape index (κ1) is 44.9. The van der Waals surface area contributed by atoms with Gasteiger partial charge in [-0.1, -0.05) is 59.6 Å². The number of halogens is 2. The second-order valence-corrected chi connectivity index (χ2v) is 16.1. The maximum Gasteiger partial charge on any atom is 0.336 e. The van der Waals surface area contributed by atoms with Crippen LogP contribution in [0, 0.1) is 10.1 Å². The molecule has 4 aromatic rings. The van der Waals surface area contributed by atoms with E-state index in [1.165, 1.54) is 17.7 Å². The number of carboxylic acid groups (broad SMARTS) is 3. The Kier molecular flexibility index (Phi) is 15.8. The number of carbonyl (C=O) groups is 4. The van der Waals surface area contributed by atoms with E-state index >= 15 is 0 Å². The van der Waals surface area contributed by atoms with Crippen molar-refractivity contribution in [1.82, 2.24) is 9.80 Å². The summed E-state index contributed by atoms with van der Waals surface area (Å²) in [5.74, 6) is -4.77. The van der Waals surface area contributed by atoms with Crippen molar-refractivity contribution in [3.05, 3.63) is 116 Å². The molecule has 0 bridgehead atoms. The number of carbonyl (C=O) groups excluding carboxylic acids is 1. The van der Waals surface area contributed by atoms with E-state index in [0.29, 0.717) is 38.8 Å². The van der Waals surface area contributed by atoms with Crippen molar-refractivity contribution < 1.29 is 49.1 Å². The normalized spacial score (nSPS) is 14.6. The number of hydrogen-bond donors (Lipinski definition) is 4. The number of carboxylic acids is 3. The van der Waals surface area contributed by atoms with E-state index in [2.05, 4.69) is 11.0 Å². The van der Waals surface area contributed by atoms with Gasteiger partial charge in [-0.25, -0.2) is 4.79 Å². The van der Waals surface area contributed by atoms with E-state index in [1.54, 1.807) is 48.5 Å². The highest BCUT2D eigenvalue weighted by molar-refractivity contribution is 7.90. The molecule has 0 radical (unpaired) electrons. The average Bonchev–Trinajstić information content (AvgIpc) is 3.16. The number of benzene rings is 4. The molecule has 14 nitrogen and oxygen atoms in total. The lowest BCUT2D eigenvalue weighted by Gasteiger charge is -2.34. The van der Waals surface area contributed by atoms with Gasteiger partial charge in [-0.3, -0.25) is 24.5 Å². The van der Waals surface area contributed by atoms with Crippen LogP contribution >= 0.6 is 23.2 Å². The second kappa shape index (κ2) is 20.1. The molecular formula is C40H43Cl2N3O11S. The SMILES string of the molecule is CN(CC(CCN1CCC(c2ccccc2[S@+](C)[O-])CC1)c1ccc(Cl)c(Cl)c1)C(=O)c1cccc2cc([N+](=O)[O-])ccc12.O=C(O)CC(O)(CC(=O)O)C(=O)O. The smallest absolute Gasteiger partial charge is 0.336 e. The van der Waals surface area contributed by atoms with Crippen LogP contribution in [0.3, 0.4) is 0 Å². The summed E-state index contributed by atoms with van der Waals surface area (Å²) < 4.78 is 12.3. The molecule has 57 heavy (non-hydrogen) atoms. The van der Waals surface area contributed by atoms with Gasteiger partial charge in [0.15, 0.2) is 10.5 Å². The summed E-state index contributed by atoms with van der Waals surface area (Å²) in [4.78, 5) is 60.2. The number of piperidine rings is 1. The van der Waals surface area contributed by atoms with E-state index in [9.17, 15) is 33.8 Å². The maximum atomic E-state index is 13.7. The standard InChI is InChI=1S/C34H35Cl2N3O4S.C6H8O7/c1-37(34(40)30-8-5-6-25-20-27(39(41)42)11-12-28(25)30)22-26(24-10-13-31(35)32(36)21-24)16-19-38-17-14-23(15-18-38)29-7-3-4-9-33(29)44(2)43;7-3(8)1-6(13,5(11)12)2-4(9)10/h3-13,20-21,23,26H,14-19,22H2,1-2H3;13H,1-2H2,(H,7,8)(H,9,10)(H,11,12)/t26?,44-;/m0./s1. The van der Waals surface area contributed by atoms with Crippen LogP contribution in [-0.4, -0.2) is 109 Å². The molecule has 1 heterocycles. The molecule has 1 aliphatic heterocycles. The number of aliphatic hydroxyl groups is 1. The molecule has 1 unspecified atom stereocenters. The zero-order chi connectivity index (χ0) is 42.0. The van der Waals surface area contributed by atoms with Crippen LogP contribution in [0.2, 0.25) is 10.0 Å². The minimum absolute atomic E-state index is 0.00995. The Labute approximate surface area is 341 Å². The van der Waals surface area contributed by atoms with Crippen molar-refractivity contribution >= 4 is 74.7 Å². The molecular weight excluding hydrogens is 801 g/mol. The fourth-order valence-corrected chi connectivity index (χ4v) is 8.06. The van der Waals surface area contributed by atoms with E-state index < -0.39 is 52.4 Å². The van der Waals surface area contributed by atoms with Crippen LogP contribution < -0.4 is 0 Å². The number of hydrogen-bond acceptors (Lipinski definition) is 9. The lowest BCUT2D eigenvalue weighted by atomic mass is 9.88. The molecule has 4 N–H and O–H groups in total. The third kappa shape index (κ3) is 12.1. The van der Waals surface area contributed by atoms with Crippen molar-refractivity contribution in [3.8, 4) is 0 Å². The summed E-state index contributed by atoms with van der Waals surface area (Å²) in [6, 6.07) is 23.6. The Morgan fingerprint density at radius 3 is 2.16 bits per heavy atom. The van der Waals surface area contributed by atoms with Crippen molar-refractivity contribution in [2.45, 2.75) is 54.4 Å². The topological polar surface area (TPSA) is 222 Å². The van der Waals surface area contributed by atoms with E-state index in [4.69, 9.17) is 43.6 Å². The van der Waals surface area contributed by atoms with Crippen LogP contribution in [0.1, 0.15) is 65.4 Å². The van der Waals surface area contributed by atoms with Crippen LogP contribution in [0.25, 0.3) is 10.8 Å². The Bertz CT molecular complexity index is 2090. The predicted octanol–water partition coefficient (Wildman–Crippen LogP) is 6.67. The van der Waals surface area contributed by atoms with Gasteiger partial charge in [-0.15, -0.1) is 0 Å². The molecule has 1 aliphatic rings. The summed E-state index contributed by atoms with van der Waals surface area (Å²) in [6.45, 7) is 3.21. The first-order valence-corrected chi connectivity index (χ1v) is 20.1. The molecule has 0 aromatic heterocycles. The van der Waals surface area contributed by atoms with Gasteiger partial charge in [0.05, 0.1) is 27.8 Å². The molecule has 0 aliphatic carbocycles. The number of aliphatic carboxylic acids is 3. The lowest BCUT2D eigenvalue weighted by Crippen LogP contribution is -2.42. The molecule has 1 amide bonds. The number of nitro groups is 1. The highest BCUT2D eigenvalue weighted by Crippen LogP contribution is 2.34. The van der Waals surface area contributed by atoms with Gasteiger partial charge in [-0.05, 0) is 103 Å². The number of likely N-dealkylation sites (tertiary alicyclic amines) is 1. The maximum absolute atomic E-state index is 13.7. The van der Waals surface area contributed by atoms with E-state index in [-0.39, 0.29) is 17.5 Å². The fourth-order valence-electron chi connectivity index (χ4n) is 6.92. The van der Waals surface area contributed by atoms with Crippen molar-refractivity contribution in [2.24, 2.45) is 0 Å². The summed E-state index contributed by atoms with van der Waals surface area (Å²) in [6.07, 6.45) is 2.28. The summed E-state index contributed by atoms with van der Waals surface area (Å²) in [5, 5.41) is 47.4. The van der Waals surface area contributed by atoms with Gasteiger partial charge < -0.3 is 34.8 Å². The van der Waals surface area contributed by atoms with Crippen LogP contribution in [0.15, 0.2) is 83.8 Å². The molecule has 0 saturated carbocycles. The van der Waals surface area contributed by atoms with Crippen molar-refractivity contribution in [2.75, 3.05) is 39.5 Å². The van der Waals surface area contributed by atoms with Crippen LogP contribution in [-0.2, 0) is 25.6 Å². The van der Waals surface area contributed by atoms with Gasteiger partial charge in [-0.2, -0.15) is 0 Å². The minimum atomic E-state index is -2.74. The number of nitrogens with zero attached hydrogens (tertiary/aromatic N) is 3. The molecule has 5 rings (SSSR count). The number of nitro benzene ring substituents is 1. The van der Waals surface area contributed by atoms with Crippen LogP contribution in [0.4, 0.5) is 5.69 Å². The average molecular weight is 845 g/mol. The predicted molar refractivity (Wildman–Crippen MR) is 216 cm³/mol. The zero-order valence-corrected chi connectivity index (χ0v) is 33.5. The molecule has 0 spiro atoms. The lowest BCUT2D eigenvalue weighted by molar-refractivity contribution is -0.384. The number of non-ortho nitro benzene ring substituents is 1. The van der Waals surface area contributed by atoms with Crippen molar-refractivity contribution in [1.29, 1.82) is 0 Å². The monoisotopic (exact) mass is 843 g/mol. The third-order valence-electron chi connectivity index (χ3n) is 9.90. The van der Waals surface area contributed by atoms with Gasteiger partial charge >= 0.3 is 17.9 Å². The van der Waals surface area contributed by atoms with Gasteiger partial charge in [0, 0.05) is 42.8 Å².